The van der Waals surface area contributed by atoms with Gasteiger partial charge in [0.15, 0.2) is 0 Å². The highest BCUT2D eigenvalue weighted by Gasteiger charge is 2.33. The third-order valence-corrected chi connectivity index (χ3v) is 3.63. The molecule has 19 heavy (non-hydrogen) atoms. The second-order valence-electron chi connectivity index (χ2n) is 3.81. The SMILES string of the molecule is Nc1ccc(Sc2cccc(Cl)c2)c(C(F)(F)F)c1. The van der Waals surface area contributed by atoms with Gasteiger partial charge in [-0.05, 0) is 36.4 Å². The molecule has 0 saturated carbocycles. The van der Waals surface area contributed by atoms with Crippen molar-refractivity contribution >= 4 is 29.1 Å². The summed E-state index contributed by atoms with van der Waals surface area (Å²) in [4.78, 5) is 0.742. The molecule has 100 valence electrons. The standard InChI is InChI=1S/C13H9ClF3NS/c14-8-2-1-3-10(6-8)19-12-5-4-9(18)7-11(12)13(15,16)17/h1-7H,18H2. The van der Waals surface area contributed by atoms with Crippen LogP contribution in [0.4, 0.5) is 18.9 Å². The van der Waals surface area contributed by atoms with E-state index in [2.05, 4.69) is 0 Å². The number of nitrogens with two attached hydrogens (primary N) is 1. The maximum absolute atomic E-state index is 12.9. The van der Waals surface area contributed by atoms with Crippen LogP contribution in [-0.2, 0) is 6.18 Å². The van der Waals surface area contributed by atoms with E-state index in [0.29, 0.717) is 9.92 Å². The number of rotatable bonds is 2. The normalized spacial score (nSPS) is 11.6. The lowest BCUT2D eigenvalue weighted by atomic mass is 10.2. The van der Waals surface area contributed by atoms with Crippen LogP contribution in [-0.4, -0.2) is 0 Å². The zero-order valence-electron chi connectivity index (χ0n) is 9.54. The molecular weight excluding hydrogens is 295 g/mol. The number of anilines is 1. The highest BCUT2D eigenvalue weighted by atomic mass is 35.5. The summed E-state index contributed by atoms with van der Waals surface area (Å²) < 4.78 is 38.7. The van der Waals surface area contributed by atoms with Gasteiger partial charge in [-0.1, -0.05) is 29.4 Å². The van der Waals surface area contributed by atoms with Crippen molar-refractivity contribution < 1.29 is 13.2 Å². The van der Waals surface area contributed by atoms with Gasteiger partial charge < -0.3 is 5.73 Å². The Labute approximate surface area is 117 Å². The van der Waals surface area contributed by atoms with E-state index in [-0.39, 0.29) is 10.6 Å². The summed E-state index contributed by atoms with van der Waals surface area (Å²) in [6, 6.07) is 10.4. The van der Waals surface area contributed by atoms with Crippen LogP contribution in [0.3, 0.4) is 0 Å². The number of hydrogen-bond acceptors (Lipinski definition) is 2. The molecular formula is C13H9ClF3NS. The Morgan fingerprint density at radius 2 is 1.79 bits per heavy atom. The van der Waals surface area contributed by atoms with E-state index < -0.39 is 11.7 Å². The molecule has 0 aliphatic carbocycles. The Morgan fingerprint density at radius 1 is 1.05 bits per heavy atom. The van der Waals surface area contributed by atoms with E-state index in [1.54, 1.807) is 24.3 Å². The van der Waals surface area contributed by atoms with Crippen molar-refractivity contribution in [1.29, 1.82) is 0 Å². The fraction of sp³-hybridized carbons (Fsp3) is 0.0769. The summed E-state index contributed by atoms with van der Waals surface area (Å²) in [5.74, 6) is 0. The van der Waals surface area contributed by atoms with Gasteiger partial charge in [0.05, 0.1) is 5.56 Å². The lowest BCUT2D eigenvalue weighted by molar-refractivity contribution is -0.139. The van der Waals surface area contributed by atoms with E-state index in [9.17, 15) is 13.2 Å². The van der Waals surface area contributed by atoms with Crippen molar-refractivity contribution in [3.05, 3.63) is 53.1 Å². The van der Waals surface area contributed by atoms with E-state index in [1.165, 1.54) is 12.1 Å². The van der Waals surface area contributed by atoms with E-state index in [0.717, 1.165) is 17.8 Å². The molecule has 0 bridgehead atoms. The number of alkyl halides is 3. The van der Waals surface area contributed by atoms with Crippen molar-refractivity contribution in [3.8, 4) is 0 Å². The molecule has 0 radical (unpaired) electrons. The average molecular weight is 304 g/mol. The van der Waals surface area contributed by atoms with E-state index >= 15 is 0 Å². The van der Waals surface area contributed by atoms with Gasteiger partial charge in [-0.3, -0.25) is 0 Å². The summed E-state index contributed by atoms with van der Waals surface area (Å²) >= 11 is 6.81. The molecule has 2 aromatic rings. The van der Waals surface area contributed by atoms with Crippen molar-refractivity contribution in [1.82, 2.24) is 0 Å². The van der Waals surface area contributed by atoms with Gasteiger partial charge in [0, 0.05) is 20.5 Å². The largest absolute Gasteiger partial charge is 0.417 e. The third-order valence-electron chi connectivity index (χ3n) is 2.33. The highest BCUT2D eigenvalue weighted by molar-refractivity contribution is 7.99. The quantitative estimate of drug-likeness (QED) is 0.782. The van der Waals surface area contributed by atoms with Crippen LogP contribution in [0.5, 0.6) is 0 Å². The fourth-order valence-electron chi connectivity index (χ4n) is 1.52. The number of nitrogen functional groups attached to an aromatic ring is 1. The molecule has 0 atom stereocenters. The van der Waals surface area contributed by atoms with Crippen molar-refractivity contribution in [2.75, 3.05) is 5.73 Å². The summed E-state index contributed by atoms with van der Waals surface area (Å²) in [5.41, 5.74) is 4.76. The van der Waals surface area contributed by atoms with Gasteiger partial charge >= 0.3 is 6.18 Å². The molecule has 0 saturated heterocycles. The summed E-state index contributed by atoms with van der Waals surface area (Å²) in [6.07, 6.45) is -4.43. The van der Waals surface area contributed by atoms with Gasteiger partial charge in [0.1, 0.15) is 0 Å². The van der Waals surface area contributed by atoms with Gasteiger partial charge in [-0.25, -0.2) is 0 Å². The van der Waals surface area contributed by atoms with E-state index in [1.807, 2.05) is 0 Å². The number of benzene rings is 2. The van der Waals surface area contributed by atoms with Crippen molar-refractivity contribution in [2.45, 2.75) is 16.0 Å². The van der Waals surface area contributed by atoms with Crippen LogP contribution < -0.4 is 5.73 Å². The lowest BCUT2D eigenvalue weighted by Crippen LogP contribution is -2.07. The van der Waals surface area contributed by atoms with Gasteiger partial charge in [-0.15, -0.1) is 0 Å². The molecule has 2 N–H and O–H groups in total. The second-order valence-corrected chi connectivity index (χ2v) is 5.36. The number of hydrogen-bond donors (Lipinski definition) is 1. The molecule has 0 aromatic heterocycles. The van der Waals surface area contributed by atoms with E-state index in [4.69, 9.17) is 17.3 Å². The molecule has 0 amide bonds. The monoisotopic (exact) mass is 303 g/mol. The topological polar surface area (TPSA) is 26.0 Å². The highest BCUT2D eigenvalue weighted by Crippen LogP contribution is 2.40. The first-order valence-electron chi connectivity index (χ1n) is 5.26. The molecule has 6 heteroatoms. The Morgan fingerprint density at radius 3 is 2.42 bits per heavy atom. The molecule has 0 heterocycles. The molecule has 0 fully saturated rings. The molecule has 0 aliphatic heterocycles. The molecule has 0 spiro atoms. The van der Waals surface area contributed by atoms with Crippen LogP contribution in [0.25, 0.3) is 0 Å². The molecule has 0 aliphatic rings. The first-order valence-corrected chi connectivity index (χ1v) is 6.46. The minimum absolute atomic E-state index is 0.0859. The van der Waals surface area contributed by atoms with Gasteiger partial charge in [-0.2, -0.15) is 13.2 Å². The Bertz CT molecular complexity index is 599. The van der Waals surface area contributed by atoms with Crippen LogP contribution >= 0.6 is 23.4 Å². The molecule has 2 rings (SSSR count). The minimum atomic E-state index is -4.43. The van der Waals surface area contributed by atoms with Crippen LogP contribution in [0.1, 0.15) is 5.56 Å². The smallest absolute Gasteiger partial charge is 0.399 e. The summed E-state index contributed by atoms with van der Waals surface area (Å²) in [7, 11) is 0. The molecule has 2 aromatic carbocycles. The minimum Gasteiger partial charge on any atom is -0.399 e. The average Bonchev–Trinajstić information content (AvgIpc) is 2.30. The number of halogens is 4. The Balaban J connectivity index is 2.40. The van der Waals surface area contributed by atoms with Crippen molar-refractivity contribution in [2.24, 2.45) is 0 Å². The van der Waals surface area contributed by atoms with Crippen LogP contribution in [0, 0.1) is 0 Å². The van der Waals surface area contributed by atoms with Gasteiger partial charge in [0.25, 0.3) is 0 Å². The second kappa shape index (κ2) is 5.35. The predicted octanol–water partition coefficient (Wildman–Crippen LogP) is 5.09. The zero-order chi connectivity index (χ0) is 14.0. The van der Waals surface area contributed by atoms with Crippen LogP contribution in [0.2, 0.25) is 5.02 Å². The molecule has 0 unspecified atom stereocenters. The lowest BCUT2D eigenvalue weighted by Gasteiger charge is -2.13. The summed E-state index contributed by atoms with van der Waals surface area (Å²) in [6.45, 7) is 0. The maximum Gasteiger partial charge on any atom is 0.417 e. The zero-order valence-corrected chi connectivity index (χ0v) is 11.1. The maximum atomic E-state index is 12.9. The predicted molar refractivity (Wildman–Crippen MR) is 71.4 cm³/mol. The van der Waals surface area contributed by atoms with Crippen molar-refractivity contribution in [3.63, 3.8) is 0 Å². The summed E-state index contributed by atoms with van der Waals surface area (Å²) in [5, 5.41) is 0.481. The first kappa shape index (κ1) is 14.1. The van der Waals surface area contributed by atoms with Crippen LogP contribution in [0.15, 0.2) is 52.3 Å². The first-order chi connectivity index (χ1) is 8.86. The molecule has 1 nitrogen and oxygen atoms in total. The third kappa shape index (κ3) is 3.58. The fourth-order valence-corrected chi connectivity index (χ4v) is 2.78. The van der Waals surface area contributed by atoms with Gasteiger partial charge in [0.2, 0.25) is 0 Å². The Kier molecular flexibility index (Phi) is 3.96. The Hall–Kier alpha value is -1.33.